The zero-order chi connectivity index (χ0) is 17.5. The summed E-state index contributed by atoms with van der Waals surface area (Å²) in [5, 5.41) is 3.43. The van der Waals surface area contributed by atoms with Gasteiger partial charge in [-0.2, -0.15) is 0 Å². The number of para-hydroxylation sites is 1. The molecule has 2 aliphatic rings. The Morgan fingerprint density at radius 1 is 1.25 bits per heavy atom. The van der Waals surface area contributed by atoms with Gasteiger partial charge >= 0.3 is 0 Å². The first kappa shape index (κ1) is 17.5. The van der Waals surface area contributed by atoms with Crippen molar-refractivity contribution in [2.75, 3.05) is 23.0 Å². The first-order chi connectivity index (χ1) is 11.3. The third kappa shape index (κ3) is 3.53. The van der Waals surface area contributed by atoms with Gasteiger partial charge in [0.15, 0.2) is 9.84 Å². The number of sulfone groups is 1. The van der Waals surface area contributed by atoms with Gasteiger partial charge in [0.2, 0.25) is 11.8 Å². The minimum Gasteiger partial charge on any atom is -0.352 e. The molecule has 2 aliphatic heterocycles. The smallest absolute Gasteiger partial charge is 0.227 e. The van der Waals surface area contributed by atoms with Crippen LogP contribution in [0.4, 0.5) is 5.69 Å². The highest BCUT2D eigenvalue weighted by molar-refractivity contribution is 7.91. The second-order valence-electron chi connectivity index (χ2n) is 6.08. The molecular weight excluding hydrogens is 375 g/mol. The van der Waals surface area contributed by atoms with E-state index < -0.39 is 15.8 Å². The van der Waals surface area contributed by atoms with E-state index in [-0.39, 0.29) is 42.3 Å². The van der Waals surface area contributed by atoms with Gasteiger partial charge in [-0.1, -0.05) is 29.3 Å². The second kappa shape index (κ2) is 6.54. The lowest BCUT2D eigenvalue weighted by Gasteiger charge is -2.20. The number of anilines is 1. The molecule has 0 radical (unpaired) electrons. The number of hydrogen-bond donors (Lipinski definition) is 1. The summed E-state index contributed by atoms with van der Waals surface area (Å²) in [4.78, 5) is 26.0. The van der Waals surface area contributed by atoms with Gasteiger partial charge in [-0.05, 0) is 18.6 Å². The van der Waals surface area contributed by atoms with Crippen molar-refractivity contribution in [2.24, 2.45) is 5.92 Å². The standard InChI is InChI=1S/C15H16Cl2N2O4S/c16-11-2-1-3-12(17)14(11)19-7-9(6-13(19)20)15(21)18-10-4-5-24(22,23)8-10/h1-3,9-10H,4-8H2,(H,18,21). The predicted octanol–water partition coefficient (Wildman–Crippen LogP) is 1.65. The summed E-state index contributed by atoms with van der Waals surface area (Å²) in [6.07, 6.45) is 0.460. The molecule has 0 aromatic heterocycles. The molecule has 1 aromatic rings. The maximum Gasteiger partial charge on any atom is 0.227 e. The second-order valence-corrected chi connectivity index (χ2v) is 9.13. The molecule has 2 amide bonds. The van der Waals surface area contributed by atoms with E-state index in [1.807, 2.05) is 0 Å². The molecule has 2 fully saturated rings. The molecule has 2 unspecified atom stereocenters. The number of amides is 2. The Kier molecular flexibility index (Phi) is 4.77. The number of carbonyl (C=O) groups excluding carboxylic acids is 2. The molecule has 0 aliphatic carbocycles. The van der Waals surface area contributed by atoms with Gasteiger partial charge < -0.3 is 10.2 Å². The molecule has 2 heterocycles. The summed E-state index contributed by atoms with van der Waals surface area (Å²) in [6.45, 7) is 0.174. The van der Waals surface area contributed by atoms with Gasteiger partial charge in [-0.3, -0.25) is 9.59 Å². The Balaban J connectivity index is 1.70. The summed E-state index contributed by atoms with van der Waals surface area (Å²) < 4.78 is 22.9. The van der Waals surface area contributed by atoms with Crippen LogP contribution in [0.25, 0.3) is 0 Å². The van der Waals surface area contributed by atoms with Crippen molar-refractivity contribution >= 4 is 50.5 Å². The molecule has 9 heteroatoms. The first-order valence-corrected chi connectivity index (χ1v) is 10.1. The van der Waals surface area contributed by atoms with Gasteiger partial charge in [0.1, 0.15) is 0 Å². The molecule has 0 bridgehead atoms. The zero-order valence-corrected chi connectivity index (χ0v) is 15.0. The maximum atomic E-state index is 12.4. The molecule has 0 saturated carbocycles. The molecule has 0 spiro atoms. The van der Waals surface area contributed by atoms with Gasteiger partial charge in [0, 0.05) is 19.0 Å². The zero-order valence-electron chi connectivity index (χ0n) is 12.7. The van der Waals surface area contributed by atoms with Crippen LogP contribution in [0.3, 0.4) is 0 Å². The highest BCUT2D eigenvalue weighted by Gasteiger charge is 2.38. The summed E-state index contributed by atoms with van der Waals surface area (Å²) >= 11 is 12.3. The average Bonchev–Trinajstić information content (AvgIpc) is 3.02. The van der Waals surface area contributed by atoms with Crippen LogP contribution in [0.2, 0.25) is 10.0 Å². The monoisotopic (exact) mass is 390 g/mol. The third-order valence-electron chi connectivity index (χ3n) is 4.28. The number of carbonyl (C=O) groups is 2. The van der Waals surface area contributed by atoms with E-state index in [2.05, 4.69) is 5.32 Å². The topological polar surface area (TPSA) is 83.5 Å². The molecule has 2 atom stereocenters. The van der Waals surface area contributed by atoms with Crippen LogP contribution in [-0.4, -0.2) is 44.3 Å². The van der Waals surface area contributed by atoms with Gasteiger partial charge in [0.05, 0.1) is 33.2 Å². The molecule has 3 rings (SSSR count). The van der Waals surface area contributed by atoms with Crippen LogP contribution in [0.1, 0.15) is 12.8 Å². The van der Waals surface area contributed by atoms with Crippen LogP contribution < -0.4 is 10.2 Å². The number of rotatable bonds is 3. The quantitative estimate of drug-likeness (QED) is 0.850. The fraction of sp³-hybridized carbons (Fsp3) is 0.467. The summed E-state index contributed by atoms with van der Waals surface area (Å²) in [6, 6.07) is 4.56. The van der Waals surface area contributed by atoms with Crippen molar-refractivity contribution in [3.8, 4) is 0 Å². The molecule has 130 valence electrons. The van der Waals surface area contributed by atoms with E-state index in [1.54, 1.807) is 18.2 Å². The van der Waals surface area contributed by atoms with Crippen molar-refractivity contribution < 1.29 is 18.0 Å². The fourth-order valence-corrected chi connectivity index (χ4v) is 5.35. The van der Waals surface area contributed by atoms with Crippen molar-refractivity contribution in [2.45, 2.75) is 18.9 Å². The van der Waals surface area contributed by atoms with Crippen molar-refractivity contribution in [3.05, 3.63) is 28.2 Å². The van der Waals surface area contributed by atoms with Crippen LogP contribution >= 0.6 is 23.2 Å². The third-order valence-corrected chi connectivity index (χ3v) is 6.66. The SMILES string of the molecule is O=C(NC1CCS(=O)(=O)C1)C1CC(=O)N(c2c(Cl)cccc2Cl)C1. The molecule has 2 saturated heterocycles. The lowest BCUT2D eigenvalue weighted by atomic mass is 10.1. The largest absolute Gasteiger partial charge is 0.352 e. The van der Waals surface area contributed by atoms with Crippen LogP contribution in [0, 0.1) is 5.92 Å². The Labute approximate surface area is 150 Å². The summed E-state index contributed by atoms with van der Waals surface area (Å²) in [7, 11) is -3.07. The molecule has 1 N–H and O–H groups in total. The van der Waals surface area contributed by atoms with E-state index in [1.165, 1.54) is 4.90 Å². The number of benzene rings is 1. The van der Waals surface area contributed by atoms with E-state index in [9.17, 15) is 18.0 Å². The fourth-order valence-electron chi connectivity index (χ4n) is 3.07. The maximum absolute atomic E-state index is 12.4. The van der Waals surface area contributed by atoms with Gasteiger partial charge in [-0.25, -0.2) is 8.42 Å². The van der Waals surface area contributed by atoms with E-state index in [0.717, 1.165) is 0 Å². The van der Waals surface area contributed by atoms with Crippen molar-refractivity contribution in [3.63, 3.8) is 0 Å². The Bertz CT molecular complexity index is 776. The summed E-state index contributed by atoms with van der Waals surface area (Å²) in [5.41, 5.74) is 0.407. The number of nitrogens with zero attached hydrogens (tertiary/aromatic N) is 1. The Hall–Kier alpha value is -1.31. The lowest BCUT2D eigenvalue weighted by Crippen LogP contribution is -2.40. The predicted molar refractivity (Wildman–Crippen MR) is 92.1 cm³/mol. The minimum absolute atomic E-state index is 0.0422. The van der Waals surface area contributed by atoms with Crippen molar-refractivity contribution in [1.29, 1.82) is 0 Å². The van der Waals surface area contributed by atoms with Gasteiger partial charge in [-0.15, -0.1) is 0 Å². The van der Waals surface area contributed by atoms with Crippen LogP contribution in [0.5, 0.6) is 0 Å². The Morgan fingerprint density at radius 3 is 2.50 bits per heavy atom. The molecule has 1 aromatic carbocycles. The van der Waals surface area contributed by atoms with E-state index in [0.29, 0.717) is 22.2 Å². The molecular formula is C15H16Cl2N2O4S. The number of halogens is 2. The first-order valence-electron chi connectivity index (χ1n) is 7.52. The van der Waals surface area contributed by atoms with E-state index in [4.69, 9.17) is 23.2 Å². The highest BCUT2D eigenvalue weighted by atomic mass is 35.5. The minimum atomic E-state index is -3.07. The summed E-state index contributed by atoms with van der Waals surface area (Å²) in [5.74, 6) is -1.05. The van der Waals surface area contributed by atoms with E-state index >= 15 is 0 Å². The van der Waals surface area contributed by atoms with Crippen LogP contribution in [-0.2, 0) is 19.4 Å². The molecule has 24 heavy (non-hydrogen) atoms. The normalized spacial score (nSPS) is 25.9. The van der Waals surface area contributed by atoms with Gasteiger partial charge in [0.25, 0.3) is 0 Å². The molecule has 6 nitrogen and oxygen atoms in total. The highest BCUT2D eigenvalue weighted by Crippen LogP contribution is 2.37. The van der Waals surface area contributed by atoms with Crippen molar-refractivity contribution in [1.82, 2.24) is 5.32 Å². The average molecular weight is 391 g/mol. The number of hydrogen-bond acceptors (Lipinski definition) is 4. The lowest BCUT2D eigenvalue weighted by molar-refractivity contribution is -0.126. The number of nitrogens with one attached hydrogen (secondary N) is 1. The Morgan fingerprint density at radius 2 is 1.92 bits per heavy atom. The van der Waals surface area contributed by atoms with Crippen LogP contribution in [0.15, 0.2) is 18.2 Å².